The fourth-order valence-electron chi connectivity index (χ4n) is 1.16. The van der Waals surface area contributed by atoms with Gasteiger partial charge in [0, 0.05) is 0 Å². The number of benzene rings is 1. The van der Waals surface area contributed by atoms with Crippen LogP contribution in [0.4, 0.5) is 0 Å². The molecule has 1 aromatic carbocycles. The van der Waals surface area contributed by atoms with Crippen molar-refractivity contribution >= 4 is 6.08 Å². The van der Waals surface area contributed by atoms with Crippen molar-refractivity contribution in [3.05, 3.63) is 54.6 Å². The number of unbranched alkanes of at least 4 members (excludes halogenated alkanes) is 2. The summed E-state index contributed by atoms with van der Waals surface area (Å²) in [5.41, 5.74) is 1.28. The van der Waals surface area contributed by atoms with Gasteiger partial charge in [-0.3, -0.25) is 0 Å². The lowest BCUT2D eigenvalue weighted by atomic mass is 10.1. The maximum absolute atomic E-state index is 3.69. The summed E-state index contributed by atoms with van der Waals surface area (Å²) in [7, 11) is 0. The van der Waals surface area contributed by atoms with E-state index >= 15 is 0 Å². The third-order valence-electron chi connectivity index (χ3n) is 1.89. The van der Waals surface area contributed by atoms with E-state index in [1.165, 1.54) is 12.0 Å². The van der Waals surface area contributed by atoms with Gasteiger partial charge < -0.3 is 0 Å². The highest BCUT2D eigenvalue weighted by Crippen LogP contribution is 2.04. The molecule has 0 aromatic heterocycles. The molecule has 0 fully saturated rings. The molecular formula is C13H16. The van der Waals surface area contributed by atoms with Crippen LogP contribution in [0.5, 0.6) is 0 Å². The molecule has 68 valence electrons. The fraction of sp³-hybridized carbons (Fsp3) is 0.231. The highest BCUT2D eigenvalue weighted by atomic mass is 13.9. The predicted octanol–water partition coefficient (Wildman–Crippen LogP) is 4.06. The van der Waals surface area contributed by atoms with Gasteiger partial charge in [-0.05, 0) is 24.8 Å². The van der Waals surface area contributed by atoms with Gasteiger partial charge in [0.2, 0.25) is 0 Å². The monoisotopic (exact) mass is 172 g/mol. The van der Waals surface area contributed by atoms with Crippen LogP contribution in [-0.4, -0.2) is 0 Å². The Labute approximate surface area is 80.6 Å². The molecular weight excluding hydrogens is 156 g/mol. The largest absolute Gasteiger partial charge is 0.103 e. The molecule has 0 saturated carbocycles. The first-order valence-electron chi connectivity index (χ1n) is 4.76. The minimum Gasteiger partial charge on any atom is -0.103 e. The Kier molecular flexibility index (Phi) is 4.70. The van der Waals surface area contributed by atoms with Crippen LogP contribution >= 0.6 is 0 Å². The van der Waals surface area contributed by atoms with Gasteiger partial charge in [-0.1, -0.05) is 48.6 Å². The van der Waals surface area contributed by atoms with Gasteiger partial charge in [-0.2, -0.15) is 0 Å². The Morgan fingerprint density at radius 3 is 2.54 bits per heavy atom. The van der Waals surface area contributed by atoms with Crippen molar-refractivity contribution in [2.24, 2.45) is 0 Å². The van der Waals surface area contributed by atoms with E-state index in [4.69, 9.17) is 0 Å². The summed E-state index contributed by atoms with van der Waals surface area (Å²) in [5.74, 6) is 0. The lowest BCUT2D eigenvalue weighted by molar-refractivity contribution is 0.872. The molecule has 0 heterocycles. The summed E-state index contributed by atoms with van der Waals surface area (Å²) >= 11 is 0. The smallest absolute Gasteiger partial charge is 0.0260 e. The maximum Gasteiger partial charge on any atom is -0.0260 e. The molecule has 1 aromatic rings. The van der Waals surface area contributed by atoms with E-state index in [9.17, 15) is 0 Å². The number of rotatable bonds is 5. The van der Waals surface area contributed by atoms with Gasteiger partial charge in [-0.15, -0.1) is 6.58 Å². The zero-order valence-corrected chi connectivity index (χ0v) is 7.95. The van der Waals surface area contributed by atoms with E-state index in [-0.39, 0.29) is 0 Å². The van der Waals surface area contributed by atoms with Gasteiger partial charge in [0.25, 0.3) is 0 Å². The quantitative estimate of drug-likeness (QED) is 0.464. The van der Waals surface area contributed by atoms with E-state index in [1.54, 1.807) is 0 Å². The molecule has 0 N–H and O–H groups in total. The van der Waals surface area contributed by atoms with Crippen molar-refractivity contribution in [1.29, 1.82) is 0 Å². The molecule has 0 aliphatic heterocycles. The first-order valence-corrected chi connectivity index (χ1v) is 4.76. The van der Waals surface area contributed by atoms with Gasteiger partial charge >= 0.3 is 0 Å². The molecule has 0 unspecified atom stereocenters. The van der Waals surface area contributed by atoms with E-state index in [2.05, 4.69) is 43.0 Å². The van der Waals surface area contributed by atoms with Crippen molar-refractivity contribution in [3.8, 4) is 0 Å². The summed E-state index contributed by atoms with van der Waals surface area (Å²) in [6.07, 6.45) is 9.81. The van der Waals surface area contributed by atoms with Crippen LogP contribution in [-0.2, 0) is 0 Å². The van der Waals surface area contributed by atoms with Crippen LogP contribution in [0, 0.1) is 0 Å². The molecule has 0 radical (unpaired) electrons. The summed E-state index contributed by atoms with van der Waals surface area (Å²) in [4.78, 5) is 0. The van der Waals surface area contributed by atoms with Gasteiger partial charge in [0.15, 0.2) is 0 Å². The molecule has 0 heteroatoms. The average molecular weight is 172 g/mol. The Balaban J connectivity index is 2.28. The SMILES string of the molecule is C=CCCC/C=C\c1ccccc1. The van der Waals surface area contributed by atoms with Crippen molar-refractivity contribution in [3.63, 3.8) is 0 Å². The molecule has 0 amide bonds. The molecule has 0 aliphatic carbocycles. The van der Waals surface area contributed by atoms with Crippen LogP contribution < -0.4 is 0 Å². The molecule has 0 nitrogen and oxygen atoms in total. The Hall–Kier alpha value is -1.30. The third-order valence-corrected chi connectivity index (χ3v) is 1.89. The van der Waals surface area contributed by atoms with E-state index < -0.39 is 0 Å². The molecule has 0 aliphatic rings. The summed E-state index contributed by atoms with van der Waals surface area (Å²) in [6.45, 7) is 3.69. The van der Waals surface area contributed by atoms with Gasteiger partial charge in [0.05, 0.1) is 0 Å². The lowest BCUT2D eigenvalue weighted by Gasteiger charge is -1.91. The topological polar surface area (TPSA) is 0 Å². The van der Waals surface area contributed by atoms with Crippen LogP contribution in [0.15, 0.2) is 49.1 Å². The van der Waals surface area contributed by atoms with E-state index in [0.717, 1.165) is 12.8 Å². The number of hydrogen-bond acceptors (Lipinski definition) is 0. The van der Waals surface area contributed by atoms with Gasteiger partial charge in [-0.25, -0.2) is 0 Å². The minimum atomic E-state index is 1.11. The fourth-order valence-corrected chi connectivity index (χ4v) is 1.16. The summed E-state index contributed by atoms with van der Waals surface area (Å²) in [6, 6.07) is 10.4. The number of allylic oxidation sites excluding steroid dienone is 2. The zero-order valence-electron chi connectivity index (χ0n) is 7.95. The van der Waals surface area contributed by atoms with Crippen molar-refractivity contribution in [1.82, 2.24) is 0 Å². The highest BCUT2D eigenvalue weighted by Gasteiger charge is 1.82. The second kappa shape index (κ2) is 6.24. The molecule has 0 atom stereocenters. The predicted molar refractivity (Wildman–Crippen MR) is 59.5 cm³/mol. The van der Waals surface area contributed by atoms with Crippen LogP contribution in [0.2, 0.25) is 0 Å². The molecule has 1 rings (SSSR count). The third kappa shape index (κ3) is 4.32. The normalized spacial score (nSPS) is 10.5. The average Bonchev–Trinajstić information content (AvgIpc) is 2.19. The summed E-state index contributed by atoms with van der Waals surface area (Å²) in [5, 5.41) is 0. The minimum absolute atomic E-state index is 1.11. The van der Waals surface area contributed by atoms with Crippen molar-refractivity contribution in [2.75, 3.05) is 0 Å². The first kappa shape index (κ1) is 9.79. The number of hydrogen-bond donors (Lipinski definition) is 0. The van der Waals surface area contributed by atoms with Gasteiger partial charge in [0.1, 0.15) is 0 Å². The molecule has 13 heavy (non-hydrogen) atoms. The van der Waals surface area contributed by atoms with Crippen LogP contribution in [0.25, 0.3) is 6.08 Å². The van der Waals surface area contributed by atoms with E-state index in [0.29, 0.717) is 0 Å². The summed E-state index contributed by atoms with van der Waals surface area (Å²) < 4.78 is 0. The Morgan fingerprint density at radius 2 is 1.85 bits per heavy atom. The van der Waals surface area contributed by atoms with Crippen LogP contribution in [0.3, 0.4) is 0 Å². The van der Waals surface area contributed by atoms with Crippen molar-refractivity contribution < 1.29 is 0 Å². The molecule has 0 bridgehead atoms. The maximum atomic E-state index is 3.69. The molecule has 0 spiro atoms. The Bertz CT molecular complexity index is 257. The first-order chi connectivity index (χ1) is 6.43. The lowest BCUT2D eigenvalue weighted by Crippen LogP contribution is -1.70. The highest BCUT2D eigenvalue weighted by molar-refractivity contribution is 5.48. The second-order valence-electron chi connectivity index (χ2n) is 3.03. The molecule has 0 saturated heterocycles. The Morgan fingerprint density at radius 1 is 1.08 bits per heavy atom. The standard InChI is InChI=1S/C13H16/c1-2-3-4-5-7-10-13-11-8-6-9-12-13/h2,6-12H,1,3-5H2/b10-7-. The van der Waals surface area contributed by atoms with Crippen molar-refractivity contribution in [2.45, 2.75) is 19.3 Å². The second-order valence-corrected chi connectivity index (χ2v) is 3.03. The zero-order chi connectivity index (χ0) is 9.36. The van der Waals surface area contributed by atoms with Crippen LogP contribution in [0.1, 0.15) is 24.8 Å². The van der Waals surface area contributed by atoms with E-state index in [1.807, 2.05) is 12.1 Å².